The van der Waals surface area contributed by atoms with Crippen molar-refractivity contribution in [3.05, 3.63) is 47.9 Å². The molecule has 1 heterocycles. The van der Waals surface area contributed by atoms with Crippen molar-refractivity contribution in [2.45, 2.75) is 13.5 Å². The minimum absolute atomic E-state index is 0.387. The summed E-state index contributed by atoms with van der Waals surface area (Å²) in [5.74, 6) is 1.22. The molecule has 0 saturated carbocycles. The molecule has 2 rings (SSSR count). The van der Waals surface area contributed by atoms with E-state index in [2.05, 4.69) is 9.97 Å². The lowest BCUT2D eigenvalue weighted by atomic mass is 10.2. The highest BCUT2D eigenvalue weighted by Gasteiger charge is 1.99. The van der Waals surface area contributed by atoms with Gasteiger partial charge in [0, 0.05) is 6.54 Å². The number of aromatic nitrogens is 2. The molecule has 16 heavy (non-hydrogen) atoms. The average Bonchev–Trinajstić information content (AvgIpc) is 2.33. The van der Waals surface area contributed by atoms with Gasteiger partial charge >= 0.3 is 0 Å². The van der Waals surface area contributed by atoms with E-state index in [1.54, 1.807) is 12.4 Å². The van der Waals surface area contributed by atoms with Crippen LogP contribution < -0.4 is 10.5 Å². The molecule has 0 radical (unpaired) electrons. The fourth-order valence-corrected chi connectivity index (χ4v) is 1.23. The molecule has 2 N–H and O–H groups in total. The maximum Gasteiger partial charge on any atom is 0.237 e. The zero-order chi connectivity index (χ0) is 11.4. The first-order valence-corrected chi connectivity index (χ1v) is 5.03. The summed E-state index contributed by atoms with van der Waals surface area (Å²) in [5, 5.41) is 0. The molecule has 0 atom stereocenters. The van der Waals surface area contributed by atoms with E-state index >= 15 is 0 Å². The van der Waals surface area contributed by atoms with E-state index in [-0.39, 0.29) is 0 Å². The highest BCUT2D eigenvalue weighted by Crippen LogP contribution is 2.18. The van der Waals surface area contributed by atoms with E-state index in [0.717, 1.165) is 11.4 Å². The zero-order valence-electron chi connectivity index (χ0n) is 9.05. The van der Waals surface area contributed by atoms with Crippen molar-refractivity contribution < 1.29 is 4.74 Å². The minimum atomic E-state index is 0.387. The van der Waals surface area contributed by atoms with Crippen molar-refractivity contribution in [3.63, 3.8) is 0 Å². The van der Waals surface area contributed by atoms with Crippen LogP contribution in [0.4, 0.5) is 0 Å². The number of ether oxygens (including phenoxy) is 1. The van der Waals surface area contributed by atoms with E-state index in [0.29, 0.717) is 12.4 Å². The molecular formula is C12H13N3O. The fraction of sp³-hybridized carbons (Fsp3) is 0.167. The van der Waals surface area contributed by atoms with Crippen LogP contribution in [0.5, 0.6) is 11.6 Å². The van der Waals surface area contributed by atoms with Crippen molar-refractivity contribution in [1.82, 2.24) is 9.97 Å². The topological polar surface area (TPSA) is 61.0 Å². The monoisotopic (exact) mass is 215 g/mol. The van der Waals surface area contributed by atoms with Crippen LogP contribution in [-0.2, 0) is 6.54 Å². The quantitative estimate of drug-likeness (QED) is 0.851. The number of nitrogens with two attached hydrogens (primary N) is 1. The molecule has 0 spiro atoms. The third-order valence-corrected chi connectivity index (χ3v) is 2.13. The van der Waals surface area contributed by atoms with Gasteiger partial charge in [-0.05, 0) is 19.1 Å². The van der Waals surface area contributed by atoms with Gasteiger partial charge in [0.05, 0.1) is 18.1 Å². The summed E-state index contributed by atoms with van der Waals surface area (Å²) < 4.78 is 5.52. The van der Waals surface area contributed by atoms with Crippen molar-refractivity contribution >= 4 is 0 Å². The van der Waals surface area contributed by atoms with Crippen LogP contribution >= 0.6 is 0 Å². The first-order valence-electron chi connectivity index (χ1n) is 5.03. The van der Waals surface area contributed by atoms with Gasteiger partial charge < -0.3 is 10.5 Å². The van der Waals surface area contributed by atoms with Gasteiger partial charge in [0.25, 0.3) is 0 Å². The van der Waals surface area contributed by atoms with Crippen molar-refractivity contribution in [2.24, 2.45) is 5.73 Å². The van der Waals surface area contributed by atoms with Gasteiger partial charge in [-0.15, -0.1) is 0 Å². The molecule has 0 fully saturated rings. The molecule has 1 aromatic carbocycles. The Morgan fingerprint density at radius 2 is 1.88 bits per heavy atom. The lowest BCUT2D eigenvalue weighted by molar-refractivity contribution is 0.459. The maximum absolute atomic E-state index is 5.52. The number of benzene rings is 1. The summed E-state index contributed by atoms with van der Waals surface area (Å²) in [6.45, 7) is 2.41. The van der Waals surface area contributed by atoms with Crippen molar-refractivity contribution in [3.8, 4) is 11.6 Å². The van der Waals surface area contributed by atoms with E-state index < -0.39 is 0 Å². The maximum atomic E-state index is 5.52. The Morgan fingerprint density at radius 1 is 1.12 bits per heavy atom. The van der Waals surface area contributed by atoms with Crippen molar-refractivity contribution in [2.75, 3.05) is 0 Å². The SMILES string of the molecule is Cc1ccc(Oc2cnc(CN)cn2)cc1. The van der Waals surface area contributed by atoms with Gasteiger partial charge in [-0.25, -0.2) is 4.98 Å². The number of aryl methyl sites for hydroxylation is 1. The molecule has 0 bridgehead atoms. The second kappa shape index (κ2) is 4.72. The van der Waals surface area contributed by atoms with Crippen LogP contribution in [0.15, 0.2) is 36.7 Å². The third-order valence-electron chi connectivity index (χ3n) is 2.13. The summed E-state index contributed by atoms with van der Waals surface area (Å²) in [6, 6.07) is 7.76. The summed E-state index contributed by atoms with van der Waals surface area (Å²) in [4.78, 5) is 8.20. The average molecular weight is 215 g/mol. The summed E-state index contributed by atoms with van der Waals surface area (Å²) >= 11 is 0. The predicted octanol–water partition coefficient (Wildman–Crippen LogP) is 2.04. The number of nitrogens with zero attached hydrogens (tertiary/aromatic N) is 2. The van der Waals surface area contributed by atoms with Crippen LogP contribution in [0.25, 0.3) is 0 Å². The first kappa shape index (κ1) is 10.6. The lowest BCUT2D eigenvalue weighted by Gasteiger charge is -2.04. The Bertz CT molecular complexity index is 451. The second-order valence-corrected chi connectivity index (χ2v) is 3.47. The van der Waals surface area contributed by atoms with Crippen LogP contribution in [0, 0.1) is 6.92 Å². The largest absolute Gasteiger partial charge is 0.438 e. The molecule has 4 nitrogen and oxygen atoms in total. The van der Waals surface area contributed by atoms with Gasteiger partial charge in [-0.1, -0.05) is 17.7 Å². The first-order chi connectivity index (χ1) is 7.78. The number of hydrogen-bond donors (Lipinski definition) is 1. The highest BCUT2D eigenvalue weighted by molar-refractivity contribution is 5.29. The van der Waals surface area contributed by atoms with E-state index in [1.807, 2.05) is 31.2 Å². The Balaban J connectivity index is 2.11. The molecular weight excluding hydrogens is 202 g/mol. The fourth-order valence-electron chi connectivity index (χ4n) is 1.23. The predicted molar refractivity (Wildman–Crippen MR) is 61.2 cm³/mol. The molecule has 4 heteroatoms. The third kappa shape index (κ3) is 2.55. The lowest BCUT2D eigenvalue weighted by Crippen LogP contribution is -2.00. The molecule has 0 unspecified atom stereocenters. The molecule has 2 aromatic rings. The van der Waals surface area contributed by atoms with E-state index in [1.165, 1.54) is 5.56 Å². The van der Waals surface area contributed by atoms with Gasteiger partial charge in [0.2, 0.25) is 5.88 Å². The highest BCUT2D eigenvalue weighted by atomic mass is 16.5. The summed E-state index contributed by atoms with van der Waals surface area (Å²) in [6.07, 6.45) is 3.19. The van der Waals surface area contributed by atoms with Crippen LogP contribution in [0.3, 0.4) is 0 Å². The molecule has 0 aliphatic heterocycles. The van der Waals surface area contributed by atoms with Gasteiger partial charge in [0.1, 0.15) is 5.75 Å². The number of rotatable bonds is 3. The molecule has 0 aliphatic carbocycles. The Labute approximate surface area is 94.1 Å². The number of hydrogen-bond acceptors (Lipinski definition) is 4. The molecule has 82 valence electrons. The smallest absolute Gasteiger partial charge is 0.237 e. The molecule has 0 amide bonds. The minimum Gasteiger partial charge on any atom is -0.438 e. The summed E-state index contributed by atoms with van der Waals surface area (Å²) in [7, 11) is 0. The summed E-state index contributed by atoms with van der Waals surface area (Å²) in [5.41, 5.74) is 7.36. The van der Waals surface area contributed by atoms with Crippen LogP contribution in [0.2, 0.25) is 0 Å². The van der Waals surface area contributed by atoms with Gasteiger partial charge in [0.15, 0.2) is 0 Å². The zero-order valence-corrected chi connectivity index (χ0v) is 9.05. The van der Waals surface area contributed by atoms with E-state index in [9.17, 15) is 0 Å². The van der Waals surface area contributed by atoms with Crippen LogP contribution in [-0.4, -0.2) is 9.97 Å². The van der Waals surface area contributed by atoms with E-state index in [4.69, 9.17) is 10.5 Å². The van der Waals surface area contributed by atoms with Crippen molar-refractivity contribution in [1.29, 1.82) is 0 Å². The standard InChI is InChI=1S/C12H13N3O/c1-9-2-4-11(5-3-9)16-12-8-14-10(6-13)7-15-12/h2-5,7-8H,6,13H2,1H3. The second-order valence-electron chi connectivity index (χ2n) is 3.47. The molecule has 0 aliphatic rings. The van der Waals surface area contributed by atoms with Gasteiger partial charge in [-0.3, -0.25) is 4.98 Å². The van der Waals surface area contributed by atoms with Crippen LogP contribution in [0.1, 0.15) is 11.3 Å². The Kier molecular flexibility index (Phi) is 3.12. The molecule has 0 saturated heterocycles. The normalized spacial score (nSPS) is 10.1. The Hall–Kier alpha value is -1.94. The van der Waals surface area contributed by atoms with Gasteiger partial charge in [-0.2, -0.15) is 0 Å². The Morgan fingerprint density at radius 3 is 2.44 bits per heavy atom. The molecule has 1 aromatic heterocycles.